The summed E-state index contributed by atoms with van der Waals surface area (Å²) in [5.41, 5.74) is 14.2. The van der Waals surface area contributed by atoms with Crippen molar-refractivity contribution in [3.8, 4) is 62.1 Å². The second-order valence-corrected chi connectivity index (χ2v) is 15.8. The fraction of sp³-hybridized carbons (Fsp3) is 0.0185. The maximum atomic E-state index is 6.76. The molecule has 0 unspecified atom stereocenters. The van der Waals surface area contributed by atoms with Gasteiger partial charge >= 0.3 is 294 Å². The van der Waals surface area contributed by atoms with Gasteiger partial charge in [-0.3, -0.25) is 4.98 Å². The van der Waals surface area contributed by atoms with E-state index in [9.17, 15) is 0 Å². The van der Waals surface area contributed by atoms with E-state index in [1.54, 1.807) is 0 Å². The maximum absolute atomic E-state index is 6.76. The Labute approximate surface area is 363 Å². The minimum absolute atomic E-state index is 0.727. The van der Waals surface area contributed by atoms with Crippen LogP contribution in [0.2, 0.25) is 0 Å². The van der Waals surface area contributed by atoms with Crippen LogP contribution in [0.3, 0.4) is 0 Å². The van der Waals surface area contributed by atoms with Gasteiger partial charge in [0.25, 0.3) is 0 Å². The molecule has 0 aliphatic rings. The monoisotopic (exact) mass is 877 g/mol. The van der Waals surface area contributed by atoms with Crippen LogP contribution in [0.15, 0.2) is 207 Å². The van der Waals surface area contributed by atoms with Crippen molar-refractivity contribution >= 4 is 32.8 Å². The van der Waals surface area contributed by atoms with E-state index >= 15 is 0 Å². The number of fused-ring (bicyclic) bond motifs is 4. The second-order valence-electron chi connectivity index (χ2n) is 15.1. The normalized spacial score (nSPS) is 11.5. The second kappa shape index (κ2) is 15.3. The first-order valence-corrected chi connectivity index (χ1v) is 21.0. The molecule has 0 atom stereocenters. The molecule has 0 saturated carbocycles. The summed E-state index contributed by atoms with van der Waals surface area (Å²) in [6.07, 6.45) is 5.59. The van der Waals surface area contributed by atoms with Crippen LogP contribution < -0.4 is 4.74 Å². The Hall–Kier alpha value is -7.43. The molecule has 4 aromatic heterocycles. The molecule has 0 aliphatic carbocycles. The first kappa shape index (κ1) is 36.6. The van der Waals surface area contributed by atoms with Crippen LogP contribution in [0, 0.1) is 10.8 Å². The number of rotatable bonds is 8. The van der Waals surface area contributed by atoms with Gasteiger partial charge < -0.3 is 0 Å². The van der Waals surface area contributed by atoms with Crippen LogP contribution in [0.1, 0.15) is 5.56 Å². The Morgan fingerprint density at radius 2 is 1.05 bits per heavy atom. The molecular weight excluding hydrogens is 841 g/mol. The van der Waals surface area contributed by atoms with Gasteiger partial charge in [-0.25, -0.2) is 0 Å². The first-order valence-electron chi connectivity index (χ1n) is 20.2. The minimum atomic E-state index is 0.727. The number of nitrogens with zero attached hydrogens (tertiary/aromatic N) is 5. The van der Waals surface area contributed by atoms with Gasteiger partial charge in [-0.05, 0) is 30.2 Å². The molecule has 4 heterocycles. The van der Waals surface area contributed by atoms with Crippen molar-refractivity contribution in [3.63, 3.8) is 0 Å². The number of aryl methyl sites for hydroxylation is 1. The zero-order valence-electron chi connectivity index (χ0n) is 33.1. The minimum Gasteiger partial charge on any atom is -0.265 e. The summed E-state index contributed by atoms with van der Waals surface area (Å²) in [7, 11) is 0. The molecule has 0 radical (unpaired) electrons. The summed E-state index contributed by atoms with van der Waals surface area (Å²) >= 11 is 3.76. The fourth-order valence-electron chi connectivity index (χ4n) is 8.64. The molecule has 0 fully saturated rings. The van der Waals surface area contributed by atoms with Crippen LogP contribution >= 0.6 is 0 Å². The Bertz CT molecular complexity index is 3420. The summed E-state index contributed by atoms with van der Waals surface area (Å²) in [5.74, 6) is 2.31. The van der Waals surface area contributed by atoms with Crippen molar-refractivity contribution in [1.82, 2.24) is 23.7 Å². The molecule has 61 heavy (non-hydrogen) atoms. The number of hydrogen-bond donors (Lipinski definition) is 0. The van der Waals surface area contributed by atoms with Gasteiger partial charge in [-0.1, -0.05) is 12.1 Å². The molecule has 0 N–H and O–H groups in total. The summed E-state index contributed by atoms with van der Waals surface area (Å²) in [5, 5.41) is 2.29. The van der Waals surface area contributed by atoms with Crippen LogP contribution in [-0.2, 0) is 18.7 Å². The van der Waals surface area contributed by atoms with E-state index < -0.39 is 0 Å². The summed E-state index contributed by atoms with van der Waals surface area (Å²) in [6, 6.07) is 65.7. The van der Waals surface area contributed by atoms with Crippen molar-refractivity contribution in [2.45, 2.75) is 6.92 Å². The zero-order chi connectivity index (χ0) is 40.9. The fourth-order valence-corrected chi connectivity index (χ4v) is 9.38. The summed E-state index contributed by atoms with van der Waals surface area (Å²) < 4.78 is 14.5. The molecule has 6 nitrogen and oxygen atoms in total. The molecule has 0 aliphatic heterocycles. The number of imidazole rings is 1. The number of pyridine rings is 2. The molecule has 7 heteroatoms. The molecule has 0 spiro atoms. The predicted molar refractivity (Wildman–Crippen MR) is 243 cm³/mol. The first-order chi connectivity index (χ1) is 30.1. The van der Waals surface area contributed by atoms with Crippen LogP contribution in [0.25, 0.3) is 83.4 Å². The Morgan fingerprint density at radius 1 is 0.459 bits per heavy atom. The number of ether oxygens (including phenoxy) is 1. The van der Waals surface area contributed by atoms with Gasteiger partial charge in [-0.2, -0.15) is 0 Å². The summed E-state index contributed by atoms with van der Waals surface area (Å²) in [6.45, 7) is 2.13. The smallest absolute Gasteiger partial charge is 0.265 e. The molecule has 11 rings (SSSR count). The quantitative estimate of drug-likeness (QED) is 0.143. The van der Waals surface area contributed by atoms with E-state index in [4.69, 9.17) is 9.72 Å². The van der Waals surface area contributed by atoms with Crippen molar-refractivity contribution < 1.29 is 23.5 Å². The third-order valence-electron chi connectivity index (χ3n) is 11.4. The Morgan fingerprint density at radius 3 is 1.75 bits per heavy atom. The van der Waals surface area contributed by atoms with Crippen molar-refractivity contribution in [3.05, 3.63) is 216 Å². The van der Waals surface area contributed by atoms with Gasteiger partial charge in [0.2, 0.25) is 0 Å². The third kappa shape index (κ3) is 6.43. The van der Waals surface area contributed by atoms with E-state index in [1.807, 2.05) is 36.8 Å². The van der Waals surface area contributed by atoms with Gasteiger partial charge in [0.1, 0.15) is 0 Å². The van der Waals surface area contributed by atoms with Gasteiger partial charge in [-0.15, -0.1) is 0 Å². The molecule has 294 valence electrons. The number of para-hydroxylation sites is 4. The van der Waals surface area contributed by atoms with Crippen molar-refractivity contribution in [2.24, 2.45) is 0 Å². The van der Waals surface area contributed by atoms with E-state index in [1.165, 1.54) is 0 Å². The molecule has 7 aromatic carbocycles. The van der Waals surface area contributed by atoms with Crippen molar-refractivity contribution in [2.75, 3.05) is 0 Å². The molecule has 0 bridgehead atoms. The van der Waals surface area contributed by atoms with Gasteiger partial charge in [0, 0.05) is 24.2 Å². The number of benzene rings is 7. The third-order valence-corrected chi connectivity index (χ3v) is 12.1. The van der Waals surface area contributed by atoms with Gasteiger partial charge in [0.05, 0.1) is 0 Å². The Balaban J connectivity index is 1.02. The zero-order valence-corrected chi connectivity index (χ0v) is 34.6. The molecule has 0 amide bonds. The summed E-state index contributed by atoms with van der Waals surface area (Å²) in [4.78, 5) is 9.21. The van der Waals surface area contributed by atoms with Crippen molar-refractivity contribution in [1.29, 1.82) is 0 Å². The molecular formula is C54H37N5OPd. The van der Waals surface area contributed by atoms with Crippen LogP contribution in [-0.4, -0.2) is 23.7 Å². The van der Waals surface area contributed by atoms with E-state index in [2.05, 4.69) is 214 Å². The van der Waals surface area contributed by atoms with E-state index in [0.717, 1.165) is 104 Å². The standard InChI is InChI=1S/C54H37N5O.Pd/c1-37-32-53(56-35-48(37)40-28-30-55-31-29-40)59-49-23-9-8-20-46(49)47-27-26-43(34-52(47)59)60-42-19-12-18-41(33-42)57-36-58(51-25-11-10-24-50(51)57)54-44(38-14-4-2-5-15-38)21-13-22-45(54)39-16-6-3-7-17-39;/h2-35H,1H3;. The average Bonchev–Trinajstić information content (AvgIpc) is 3.80. The molecule has 0 saturated heterocycles. The van der Waals surface area contributed by atoms with Crippen LogP contribution in [0.5, 0.6) is 11.5 Å². The van der Waals surface area contributed by atoms with E-state index in [-0.39, 0.29) is 0 Å². The van der Waals surface area contributed by atoms with Crippen LogP contribution in [0.4, 0.5) is 0 Å². The SMILES string of the molecule is Cc1cc(-n2c3ccccc3c3ccc(Oc4cccc(-n5[c](=[Pd])n(-c6c(-c7ccccc7)cccc6-c6ccccc6)c6ccccc65)c4)cc32)ncc1-c1ccncc1. The predicted octanol–water partition coefficient (Wildman–Crippen LogP) is 13.5. The molecule has 11 aromatic rings. The Kier molecular flexibility index (Phi) is 9.19. The average molecular weight is 878 g/mol. The number of aromatic nitrogens is 5. The number of hydrogen-bond acceptors (Lipinski definition) is 3. The van der Waals surface area contributed by atoms with Gasteiger partial charge in [0.15, 0.2) is 0 Å². The van der Waals surface area contributed by atoms with E-state index in [0.29, 0.717) is 0 Å². The topological polar surface area (TPSA) is 49.8 Å².